The highest BCUT2D eigenvalue weighted by molar-refractivity contribution is 7.10. The van der Waals surface area contributed by atoms with Crippen LogP contribution >= 0.6 is 11.3 Å². The molecule has 1 N–H and O–H groups in total. The Bertz CT molecular complexity index is 1250. The van der Waals surface area contributed by atoms with Crippen molar-refractivity contribution in [1.82, 2.24) is 4.57 Å². The van der Waals surface area contributed by atoms with Gasteiger partial charge >= 0.3 is 5.97 Å². The number of allylic oxidation sites excluding steroid dienone is 1. The first-order chi connectivity index (χ1) is 14.4. The van der Waals surface area contributed by atoms with E-state index in [4.69, 9.17) is 4.74 Å². The monoisotopic (exact) mass is 419 g/mol. The Morgan fingerprint density at radius 1 is 1.23 bits per heavy atom. The van der Waals surface area contributed by atoms with E-state index in [-0.39, 0.29) is 18.0 Å². The zero-order valence-corrected chi connectivity index (χ0v) is 17.7. The molecule has 1 aliphatic rings. The smallest absolute Gasteiger partial charge is 0.338 e. The van der Waals surface area contributed by atoms with Crippen molar-refractivity contribution < 1.29 is 14.6 Å². The lowest BCUT2D eigenvalue weighted by molar-refractivity contribution is 0.0378. The van der Waals surface area contributed by atoms with E-state index in [0.29, 0.717) is 20.9 Å². The van der Waals surface area contributed by atoms with Crippen LogP contribution < -0.4 is 4.80 Å². The molecule has 4 rings (SSSR count). The summed E-state index contributed by atoms with van der Waals surface area (Å²) in [7, 11) is 1.75. The minimum Gasteiger partial charge on any atom is -0.493 e. The second-order valence-electron chi connectivity index (χ2n) is 7.12. The Labute approximate surface area is 178 Å². The van der Waals surface area contributed by atoms with Gasteiger partial charge in [-0.2, -0.15) is 0 Å². The number of thiazole rings is 1. The van der Waals surface area contributed by atoms with Crippen molar-refractivity contribution in [2.75, 3.05) is 0 Å². The first kappa shape index (κ1) is 19.8. The molecular weight excluding hydrogens is 398 g/mol. The maximum Gasteiger partial charge on any atom is 0.338 e. The van der Waals surface area contributed by atoms with Crippen LogP contribution in [0.4, 0.5) is 11.4 Å². The molecule has 0 bridgehead atoms. The van der Waals surface area contributed by atoms with Gasteiger partial charge in [0.1, 0.15) is 0 Å². The lowest BCUT2D eigenvalue weighted by Gasteiger charge is -2.07. The number of fused-ring (bicyclic) bond motifs is 1. The van der Waals surface area contributed by atoms with Crippen LogP contribution in [-0.4, -0.2) is 28.0 Å². The Hall–Kier alpha value is -3.45. The van der Waals surface area contributed by atoms with Crippen molar-refractivity contribution in [2.45, 2.75) is 20.0 Å². The van der Waals surface area contributed by atoms with Crippen molar-refractivity contribution in [1.29, 1.82) is 0 Å². The zero-order chi connectivity index (χ0) is 21.3. The first-order valence-corrected chi connectivity index (χ1v) is 10.3. The fraction of sp³-hybridized carbons (Fsp3) is 0.174. The second-order valence-corrected chi connectivity index (χ2v) is 8.13. The summed E-state index contributed by atoms with van der Waals surface area (Å²) in [4.78, 5) is 22.5. The van der Waals surface area contributed by atoms with Gasteiger partial charge in [0.15, 0.2) is 4.80 Å². The number of aliphatic imine (C=N–C) groups is 1. The van der Waals surface area contributed by atoms with E-state index >= 15 is 0 Å². The average Bonchev–Trinajstić information content (AvgIpc) is 3.25. The van der Waals surface area contributed by atoms with E-state index in [1.165, 1.54) is 11.3 Å². The number of para-hydroxylation sites is 1. The molecule has 2 aromatic carbocycles. The van der Waals surface area contributed by atoms with Gasteiger partial charge in [-0.3, -0.25) is 9.56 Å². The SMILES string of the molecule is CC(C)OC(=O)c1cccc(N=c2sc(/C=C3\C=Nc4ccccc43)c(O)n2C)c1. The number of rotatable bonds is 4. The van der Waals surface area contributed by atoms with Crippen molar-refractivity contribution in [3.05, 3.63) is 69.3 Å². The normalized spacial score (nSPS) is 14.5. The zero-order valence-electron chi connectivity index (χ0n) is 16.9. The molecule has 0 aliphatic carbocycles. The number of hydrogen-bond acceptors (Lipinski definition) is 6. The summed E-state index contributed by atoms with van der Waals surface area (Å²) in [5, 5.41) is 10.6. The fourth-order valence-corrected chi connectivity index (χ4v) is 4.04. The average molecular weight is 420 g/mol. The van der Waals surface area contributed by atoms with Crippen LogP contribution in [0.3, 0.4) is 0 Å². The van der Waals surface area contributed by atoms with Gasteiger partial charge < -0.3 is 9.84 Å². The van der Waals surface area contributed by atoms with E-state index in [0.717, 1.165) is 16.8 Å². The summed E-state index contributed by atoms with van der Waals surface area (Å²) in [6.45, 7) is 3.62. The topological polar surface area (TPSA) is 76.2 Å². The molecule has 7 heteroatoms. The summed E-state index contributed by atoms with van der Waals surface area (Å²) < 4.78 is 6.87. The molecule has 0 saturated carbocycles. The van der Waals surface area contributed by atoms with E-state index in [1.807, 2.05) is 44.2 Å². The molecule has 0 unspecified atom stereocenters. The van der Waals surface area contributed by atoms with Crippen LogP contribution in [0.5, 0.6) is 5.88 Å². The predicted molar refractivity (Wildman–Crippen MR) is 120 cm³/mol. The molecule has 0 radical (unpaired) electrons. The van der Waals surface area contributed by atoms with Gasteiger partial charge in [0.05, 0.1) is 27.9 Å². The van der Waals surface area contributed by atoms with Crippen molar-refractivity contribution in [3.63, 3.8) is 0 Å². The van der Waals surface area contributed by atoms with E-state index < -0.39 is 0 Å². The Morgan fingerprint density at radius 2 is 2.03 bits per heavy atom. The number of benzene rings is 2. The van der Waals surface area contributed by atoms with Gasteiger partial charge in [-0.25, -0.2) is 9.79 Å². The van der Waals surface area contributed by atoms with Gasteiger partial charge in [0.2, 0.25) is 5.88 Å². The lowest BCUT2D eigenvalue weighted by Crippen LogP contribution is -2.11. The number of nitrogens with zero attached hydrogens (tertiary/aromatic N) is 3. The second kappa shape index (κ2) is 8.12. The molecule has 152 valence electrons. The van der Waals surface area contributed by atoms with Crippen molar-refractivity contribution in [2.24, 2.45) is 17.0 Å². The molecule has 0 atom stereocenters. The summed E-state index contributed by atoms with van der Waals surface area (Å²) in [5.74, 6) is -0.260. The molecule has 0 saturated heterocycles. The maximum atomic E-state index is 12.2. The summed E-state index contributed by atoms with van der Waals surface area (Å²) in [5.41, 5.74) is 3.93. The third-order valence-corrected chi connectivity index (χ3v) is 5.59. The third-order valence-electron chi connectivity index (χ3n) is 4.52. The molecule has 2 heterocycles. The van der Waals surface area contributed by atoms with E-state index in [1.54, 1.807) is 42.1 Å². The third kappa shape index (κ3) is 3.97. The van der Waals surface area contributed by atoms with Gasteiger partial charge in [-0.05, 0) is 44.2 Å². The van der Waals surface area contributed by atoms with E-state index in [9.17, 15) is 9.90 Å². The number of hydrogen-bond donors (Lipinski definition) is 1. The molecule has 1 aliphatic heterocycles. The molecule has 0 fully saturated rings. The van der Waals surface area contributed by atoms with Crippen LogP contribution in [0.2, 0.25) is 0 Å². The minimum absolute atomic E-state index is 0.124. The Balaban J connectivity index is 1.69. The molecule has 1 aromatic heterocycles. The quantitative estimate of drug-likeness (QED) is 0.615. The molecule has 0 spiro atoms. The van der Waals surface area contributed by atoms with Crippen molar-refractivity contribution >= 4 is 46.5 Å². The minimum atomic E-state index is -0.384. The highest BCUT2D eigenvalue weighted by Crippen LogP contribution is 2.34. The summed E-state index contributed by atoms with van der Waals surface area (Å²) in [6.07, 6.45) is 3.51. The number of carbonyl (C=O) groups excluding carboxylic acids is 1. The van der Waals surface area contributed by atoms with Crippen LogP contribution in [0.15, 0.2) is 58.5 Å². The number of carbonyl (C=O) groups is 1. The Morgan fingerprint density at radius 3 is 2.83 bits per heavy atom. The highest BCUT2D eigenvalue weighted by Gasteiger charge is 2.15. The molecule has 30 heavy (non-hydrogen) atoms. The van der Waals surface area contributed by atoms with Crippen LogP contribution in [0, 0.1) is 0 Å². The number of ether oxygens (including phenoxy) is 1. The molecule has 0 amide bonds. The van der Waals surface area contributed by atoms with Crippen LogP contribution in [0.25, 0.3) is 11.6 Å². The van der Waals surface area contributed by atoms with Gasteiger partial charge in [0.25, 0.3) is 0 Å². The predicted octanol–water partition coefficient (Wildman–Crippen LogP) is 4.85. The summed E-state index contributed by atoms with van der Waals surface area (Å²) in [6, 6.07) is 14.8. The Kier molecular flexibility index (Phi) is 5.37. The summed E-state index contributed by atoms with van der Waals surface area (Å²) >= 11 is 1.36. The number of aromatic hydroxyl groups is 1. The van der Waals surface area contributed by atoms with E-state index in [2.05, 4.69) is 9.98 Å². The van der Waals surface area contributed by atoms with Crippen molar-refractivity contribution in [3.8, 4) is 5.88 Å². The molecular formula is C23H21N3O3S. The lowest BCUT2D eigenvalue weighted by atomic mass is 10.1. The van der Waals surface area contributed by atoms with Gasteiger partial charge in [-0.15, -0.1) is 0 Å². The fourth-order valence-electron chi connectivity index (χ4n) is 3.05. The maximum absolute atomic E-state index is 12.2. The standard InChI is InChI=1S/C23H21N3O3S/c1-14(2)29-22(28)15-7-6-8-17(11-15)25-23-26(3)21(27)20(30-23)12-16-13-24-19-10-5-4-9-18(16)19/h4-14,27H,1-3H3/b16-12+,25-23?. The number of esters is 1. The van der Waals surface area contributed by atoms with Crippen LogP contribution in [0.1, 0.15) is 34.6 Å². The van der Waals surface area contributed by atoms with Crippen LogP contribution in [-0.2, 0) is 11.8 Å². The molecule has 6 nitrogen and oxygen atoms in total. The van der Waals surface area contributed by atoms with Gasteiger partial charge in [-0.1, -0.05) is 35.6 Å². The van der Waals surface area contributed by atoms with Gasteiger partial charge in [0, 0.05) is 24.4 Å². The highest BCUT2D eigenvalue weighted by atomic mass is 32.1. The number of aromatic nitrogens is 1. The largest absolute Gasteiger partial charge is 0.493 e. The molecule has 3 aromatic rings. The first-order valence-electron chi connectivity index (χ1n) is 9.52.